The zero-order valence-corrected chi connectivity index (χ0v) is 10.2. The molecule has 0 heterocycles. The number of hydrogen-bond donors (Lipinski definition) is 4. The fraction of sp³-hybridized carbons (Fsp3) is 0.417. The molecule has 1 amide bonds. The summed E-state index contributed by atoms with van der Waals surface area (Å²) in [5, 5.41) is 14.8. The molecule has 1 rings (SSSR count). The molecule has 0 aromatic heterocycles. The van der Waals surface area contributed by atoms with E-state index >= 15 is 0 Å². The lowest BCUT2D eigenvalue weighted by Crippen LogP contribution is -2.23. The van der Waals surface area contributed by atoms with E-state index < -0.39 is 0 Å². The highest BCUT2D eigenvalue weighted by Crippen LogP contribution is 2.21. The Morgan fingerprint density at radius 2 is 2.24 bits per heavy atom. The van der Waals surface area contributed by atoms with Crippen LogP contribution in [0.5, 0.6) is 0 Å². The maximum atomic E-state index is 11.4. The summed E-state index contributed by atoms with van der Waals surface area (Å²) >= 11 is 0. The first-order valence-corrected chi connectivity index (χ1v) is 5.61. The number of hydrogen-bond acceptors (Lipinski definition) is 4. The van der Waals surface area contributed by atoms with Gasteiger partial charge in [-0.05, 0) is 24.6 Å². The molecule has 0 radical (unpaired) electrons. The third-order valence-corrected chi connectivity index (χ3v) is 2.61. The summed E-state index contributed by atoms with van der Waals surface area (Å²) in [6.45, 7) is 2.02. The first-order chi connectivity index (χ1) is 8.12. The van der Waals surface area contributed by atoms with Crippen molar-refractivity contribution >= 4 is 17.3 Å². The molecule has 0 fully saturated rings. The van der Waals surface area contributed by atoms with Crippen LogP contribution in [0.2, 0.25) is 0 Å². The number of aliphatic hydroxyl groups is 1. The largest absolute Gasteiger partial charge is 0.397 e. The van der Waals surface area contributed by atoms with Gasteiger partial charge in [-0.25, -0.2) is 0 Å². The number of nitrogens with two attached hydrogens (primary N) is 1. The van der Waals surface area contributed by atoms with Gasteiger partial charge in [0.2, 0.25) is 0 Å². The lowest BCUT2D eigenvalue weighted by molar-refractivity contribution is 0.0963. The second-order valence-corrected chi connectivity index (χ2v) is 3.81. The Bertz CT molecular complexity index is 389. The fourth-order valence-corrected chi connectivity index (χ4v) is 1.48. The second kappa shape index (κ2) is 6.10. The molecule has 0 aliphatic heterocycles. The number of anilines is 2. The van der Waals surface area contributed by atoms with Crippen LogP contribution in [-0.4, -0.2) is 30.7 Å². The topological polar surface area (TPSA) is 87.4 Å². The monoisotopic (exact) mass is 237 g/mol. The third kappa shape index (κ3) is 3.35. The molecule has 0 spiro atoms. The smallest absolute Gasteiger partial charge is 0.251 e. The van der Waals surface area contributed by atoms with E-state index in [0.717, 1.165) is 12.1 Å². The van der Waals surface area contributed by atoms with E-state index in [1.165, 1.54) is 0 Å². The van der Waals surface area contributed by atoms with Gasteiger partial charge in [0.15, 0.2) is 0 Å². The summed E-state index contributed by atoms with van der Waals surface area (Å²) in [5.74, 6) is -0.169. The Morgan fingerprint density at radius 3 is 2.71 bits per heavy atom. The van der Waals surface area contributed by atoms with Gasteiger partial charge in [-0.15, -0.1) is 0 Å². The molecule has 1 aromatic carbocycles. The summed E-state index contributed by atoms with van der Waals surface area (Å²) in [4.78, 5) is 11.4. The van der Waals surface area contributed by atoms with Crippen molar-refractivity contribution in [2.24, 2.45) is 0 Å². The lowest BCUT2D eigenvalue weighted by atomic mass is 10.1. The molecular weight excluding hydrogens is 218 g/mol. The van der Waals surface area contributed by atoms with Crippen LogP contribution in [-0.2, 0) is 0 Å². The molecule has 0 saturated heterocycles. The molecule has 0 bridgehead atoms. The number of nitrogens with one attached hydrogen (secondary N) is 2. The van der Waals surface area contributed by atoms with Gasteiger partial charge in [-0.1, -0.05) is 6.92 Å². The molecule has 1 unspecified atom stereocenters. The van der Waals surface area contributed by atoms with Crippen LogP contribution in [0.25, 0.3) is 0 Å². The molecule has 17 heavy (non-hydrogen) atoms. The standard InChI is InChI=1S/C12H19N3O2/c1-3-9(7-16)15-11-5-4-8(6-10(11)13)12(17)14-2/h4-6,9,15-16H,3,7,13H2,1-2H3,(H,14,17). The minimum atomic E-state index is -0.169. The predicted octanol–water partition coefficient (Wildman–Crippen LogP) is 0.811. The zero-order valence-electron chi connectivity index (χ0n) is 10.2. The summed E-state index contributed by atoms with van der Waals surface area (Å²) < 4.78 is 0. The van der Waals surface area contributed by atoms with E-state index in [1.807, 2.05) is 6.92 Å². The SMILES string of the molecule is CCC(CO)Nc1ccc(C(=O)NC)cc1N. The average molecular weight is 237 g/mol. The Morgan fingerprint density at radius 1 is 1.53 bits per heavy atom. The van der Waals surface area contributed by atoms with E-state index in [4.69, 9.17) is 10.8 Å². The van der Waals surface area contributed by atoms with E-state index in [2.05, 4.69) is 10.6 Å². The van der Waals surface area contributed by atoms with E-state index in [9.17, 15) is 4.79 Å². The van der Waals surface area contributed by atoms with Crippen molar-refractivity contribution in [2.75, 3.05) is 24.7 Å². The predicted molar refractivity (Wildman–Crippen MR) is 69.0 cm³/mol. The Kier molecular flexibility index (Phi) is 4.78. The first kappa shape index (κ1) is 13.3. The number of benzene rings is 1. The second-order valence-electron chi connectivity index (χ2n) is 3.81. The van der Waals surface area contributed by atoms with Gasteiger partial charge in [-0.3, -0.25) is 4.79 Å². The molecule has 5 N–H and O–H groups in total. The van der Waals surface area contributed by atoms with Gasteiger partial charge in [0.05, 0.1) is 18.0 Å². The van der Waals surface area contributed by atoms with Gasteiger partial charge in [0.1, 0.15) is 0 Å². The summed E-state index contributed by atoms with van der Waals surface area (Å²) in [6.07, 6.45) is 0.799. The maximum absolute atomic E-state index is 11.4. The van der Waals surface area contributed by atoms with Crippen LogP contribution in [0, 0.1) is 0 Å². The van der Waals surface area contributed by atoms with E-state index in [1.54, 1.807) is 25.2 Å². The van der Waals surface area contributed by atoms with Crippen LogP contribution >= 0.6 is 0 Å². The van der Waals surface area contributed by atoms with E-state index in [-0.39, 0.29) is 18.6 Å². The Hall–Kier alpha value is -1.75. The van der Waals surface area contributed by atoms with Crippen molar-refractivity contribution < 1.29 is 9.90 Å². The van der Waals surface area contributed by atoms with Crippen molar-refractivity contribution in [3.05, 3.63) is 23.8 Å². The summed E-state index contributed by atoms with van der Waals surface area (Å²) in [7, 11) is 1.57. The highest BCUT2D eigenvalue weighted by molar-refractivity contribution is 5.95. The molecule has 0 aliphatic carbocycles. The van der Waals surface area contributed by atoms with Crippen LogP contribution in [0.15, 0.2) is 18.2 Å². The number of carbonyl (C=O) groups is 1. The number of rotatable bonds is 5. The highest BCUT2D eigenvalue weighted by Gasteiger charge is 2.09. The molecule has 1 atom stereocenters. The number of nitrogen functional groups attached to an aromatic ring is 1. The first-order valence-electron chi connectivity index (χ1n) is 5.61. The Balaban J connectivity index is 2.86. The van der Waals surface area contributed by atoms with Crippen molar-refractivity contribution in [1.29, 1.82) is 0 Å². The normalized spacial score (nSPS) is 11.9. The van der Waals surface area contributed by atoms with E-state index in [0.29, 0.717) is 11.3 Å². The average Bonchev–Trinajstić information content (AvgIpc) is 2.36. The van der Waals surface area contributed by atoms with Gasteiger partial charge in [-0.2, -0.15) is 0 Å². The maximum Gasteiger partial charge on any atom is 0.251 e. The van der Waals surface area contributed by atoms with Crippen molar-refractivity contribution in [3.63, 3.8) is 0 Å². The zero-order chi connectivity index (χ0) is 12.8. The van der Waals surface area contributed by atoms with Gasteiger partial charge >= 0.3 is 0 Å². The summed E-state index contributed by atoms with van der Waals surface area (Å²) in [6, 6.07) is 5.04. The molecule has 1 aromatic rings. The van der Waals surface area contributed by atoms with Crippen molar-refractivity contribution in [1.82, 2.24) is 5.32 Å². The number of amides is 1. The van der Waals surface area contributed by atoms with Crippen molar-refractivity contribution in [3.8, 4) is 0 Å². The van der Waals surface area contributed by atoms with Crippen molar-refractivity contribution in [2.45, 2.75) is 19.4 Å². The highest BCUT2D eigenvalue weighted by atomic mass is 16.3. The fourth-order valence-electron chi connectivity index (χ4n) is 1.48. The molecule has 5 heteroatoms. The lowest BCUT2D eigenvalue weighted by Gasteiger charge is -2.17. The summed E-state index contributed by atoms with van der Waals surface area (Å²) in [5.41, 5.74) is 7.60. The van der Waals surface area contributed by atoms with Crippen LogP contribution in [0.1, 0.15) is 23.7 Å². The Labute approximate surface area is 101 Å². The molecule has 0 saturated carbocycles. The van der Waals surface area contributed by atoms with Gasteiger partial charge < -0.3 is 21.5 Å². The van der Waals surface area contributed by atoms with Crippen LogP contribution in [0.4, 0.5) is 11.4 Å². The van der Waals surface area contributed by atoms with Crippen LogP contribution < -0.4 is 16.4 Å². The minimum Gasteiger partial charge on any atom is -0.397 e. The molecule has 5 nitrogen and oxygen atoms in total. The molecule has 0 aliphatic rings. The quantitative estimate of drug-likeness (QED) is 0.571. The number of aliphatic hydroxyl groups excluding tert-OH is 1. The molecular formula is C12H19N3O2. The number of carbonyl (C=O) groups excluding carboxylic acids is 1. The minimum absolute atomic E-state index is 0.0249. The van der Waals surface area contributed by atoms with Gasteiger partial charge in [0.25, 0.3) is 5.91 Å². The van der Waals surface area contributed by atoms with Gasteiger partial charge in [0, 0.05) is 18.7 Å². The van der Waals surface area contributed by atoms with Crippen LogP contribution in [0.3, 0.4) is 0 Å². The third-order valence-electron chi connectivity index (χ3n) is 2.61. The molecule has 94 valence electrons.